The van der Waals surface area contributed by atoms with Crippen molar-refractivity contribution in [3.05, 3.63) is 108 Å². The minimum absolute atomic E-state index is 0.214. The fourth-order valence-corrected chi connectivity index (χ4v) is 3.53. The third-order valence-corrected chi connectivity index (χ3v) is 5.12. The van der Waals surface area contributed by atoms with Gasteiger partial charge in [-0.05, 0) is 29.3 Å². The first kappa shape index (κ1) is 19.6. The molecule has 1 N–H and O–H groups in total. The molecule has 0 unspecified atom stereocenters. The zero-order valence-corrected chi connectivity index (χ0v) is 17.0. The molecule has 30 heavy (non-hydrogen) atoms. The summed E-state index contributed by atoms with van der Waals surface area (Å²) in [7, 11) is 0. The Morgan fingerprint density at radius 1 is 0.933 bits per heavy atom. The quantitative estimate of drug-likeness (QED) is 0.377. The maximum Gasteiger partial charge on any atom is 0.250 e. The van der Waals surface area contributed by atoms with Gasteiger partial charge in [-0.2, -0.15) is 0 Å². The van der Waals surface area contributed by atoms with Crippen molar-refractivity contribution in [2.75, 3.05) is 5.32 Å². The summed E-state index contributed by atoms with van der Waals surface area (Å²) in [4.78, 5) is 16.7. The summed E-state index contributed by atoms with van der Waals surface area (Å²) >= 11 is 1.41. The molecule has 0 aliphatic rings. The van der Waals surface area contributed by atoms with Crippen molar-refractivity contribution in [1.29, 1.82) is 0 Å². The van der Waals surface area contributed by atoms with E-state index in [4.69, 9.17) is 4.74 Å². The summed E-state index contributed by atoms with van der Waals surface area (Å²) in [5.74, 6) is 0.574. The van der Waals surface area contributed by atoms with Crippen molar-refractivity contribution in [1.82, 2.24) is 4.98 Å². The van der Waals surface area contributed by atoms with Crippen LogP contribution in [0.4, 0.5) is 5.13 Å². The first-order valence-electron chi connectivity index (χ1n) is 9.53. The number of nitrogens with one attached hydrogen (secondary N) is 1. The third-order valence-electron chi connectivity index (χ3n) is 4.36. The third kappa shape index (κ3) is 5.43. The fourth-order valence-electron chi connectivity index (χ4n) is 2.81. The number of carbonyl (C=O) groups excluding carboxylic acids is 1. The van der Waals surface area contributed by atoms with Gasteiger partial charge in [0.1, 0.15) is 12.4 Å². The van der Waals surface area contributed by atoms with Crippen molar-refractivity contribution in [3.8, 4) is 17.0 Å². The average molecular weight is 413 g/mol. The van der Waals surface area contributed by atoms with E-state index in [0.717, 1.165) is 28.1 Å². The summed E-state index contributed by atoms with van der Waals surface area (Å²) < 4.78 is 5.78. The molecular weight excluding hydrogens is 392 g/mol. The summed E-state index contributed by atoms with van der Waals surface area (Å²) in [6.45, 7) is 0.525. The van der Waals surface area contributed by atoms with Crippen molar-refractivity contribution < 1.29 is 9.53 Å². The van der Waals surface area contributed by atoms with E-state index < -0.39 is 0 Å². The average Bonchev–Trinajstić information content (AvgIpc) is 3.27. The number of thiazole rings is 1. The Hall–Kier alpha value is -3.70. The van der Waals surface area contributed by atoms with Gasteiger partial charge in [0, 0.05) is 17.0 Å². The molecule has 4 nitrogen and oxygen atoms in total. The molecule has 1 amide bonds. The topological polar surface area (TPSA) is 51.2 Å². The zero-order valence-electron chi connectivity index (χ0n) is 16.2. The van der Waals surface area contributed by atoms with Crippen molar-refractivity contribution in [3.63, 3.8) is 0 Å². The van der Waals surface area contributed by atoms with Crippen molar-refractivity contribution >= 4 is 28.5 Å². The van der Waals surface area contributed by atoms with Gasteiger partial charge in [0.2, 0.25) is 5.91 Å². The predicted molar refractivity (Wildman–Crippen MR) is 122 cm³/mol. The molecule has 1 aromatic heterocycles. The normalized spacial score (nSPS) is 10.8. The second kappa shape index (κ2) is 9.67. The number of hydrogen-bond acceptors (Lipinski definition) is 4. The van der Waals surface area contributed by atoms with Gasteiger partial charge >= 0.3 is 0 Å². The van der Waals surface area contributed by atoms with Crippen LogP contribution in [0.1, 0.15) is 11.1 Å². The van der Waals surface area contributed by atoms with Crippen LogP contribution in [0.15, 0.2) is 96.4 Å². The van der Waals surface area contributed by atoms with Crippen molar-refractivity contribution in [2.24, 2.45) is 0 Å². The molecule has 3 aromatic carbocycles. The Morgan fingerprint density at radius 2 is 1.63 bits per heavy atom. The van der Waals surface area contributed by atoms with Crippen LogP contribution in [-0.2, 0) is 11.4 Å². The molecule has 1 heterocycles. The molecule has 4 rings (SSSR count). The van der Waals surface area contributed by atoms with Crippen molar-refractivity contribution in [2.45, 2.75) is 6.61 Å². The maximum atomic E-state index is 12.2. The van der Waals surface area contributed by atoms with Gasteiger partial charge in [-0.1, -0.05) is 72.8 Å². The van der Waals surface area contributed by atoms with Crippen LogP contribution in [0.3, 0.4) is 0 Å². The summed E-state index contributed by atoms with van der Waals surface area (Å²) in [5.41, 5.74) is 3.92. The number of anilines is 1. The minimum Gasteiger partial charge on any atom is -0.489 e. The number of benzene rings is 3. The van der Waals surface area contributed by atoms with Gasteiger partial charge < -0.3 is 4.74 Å². The molecule has 0 spiro atoms. The van der Waals surface area contributed by atoms with E-state index >= 15 is 0 Å². The molecular formula is C25H20N2O2S. The number of amides is 1. The molecule has 0 atom stereocenters. The number of aromatic nitrogens is 1. The Balaban J connectivity index is 1.30. The molecule has 0 aliphatic carbocycles. The van der Waals surface area contributed by atoms with Gasteiger partial charge in [0.25, 0.3) is 0 Å². The standard InChI is InChI=1S/C25H20N2O2S/c28-24(27-25-26-23(18-30-25)21-9-5-2-6-10-21)16-13-19-11-14-22(15-12-19)29-17-20-7-3-1-4-8-20/h1-16,18H,17H2,(H,26,27,28). The Bertz CT molecular complexity index is 1120. The van der Waals surface area contributed by atoms with Crippen LogP contribution in [-0.4, -0.2) is 10.9 Å². The second-order valence-electron chi connectivity index (χ2n) is 6.57. The van der Waals surface area contributed by atoms with E-state index in [0.29, 0.717) is 11.7 Å². The zero-order chi connectivity index (χ0) is 20.6. The molecule has 4 aromatic rings. The largest absolute Gasteiger partial charge is 0.489 e. The van der Waals surface area contributed by atoms with E-state index in [1.54, 1.807) is 6.08 Å². The predicted octanol–water partition coefficient (Wildman–Crippen LogP) is 6.04. The number of carbonyl (C=O) groups is 1. The molecule has 0 fully saturated rings. The van der Waals surface area contributed by atoms with Gasteiger partial charge in [-0.15, -0.1) is 11.3 Å². The van der Waals surface area contributed by atoms with E-state index in [9.17, 15) is 4.79 Å². The van der Waals surface area contributed by atoms with E-state index in [1.807, 2.05) is 90.3 Å². The van der Waals surface area contributed by atoms with Gasteiger partial charge in [0.15, 0.2) is 5.13 Å². The van der Waals surface area contributed by atoms with Gasteiger partial charge in [0.05, 0.1) is 5.69 Å². The lowest BCUT2D eigenvalue weighted by Crippen LogP contribution is -2.07. The highest BCUT2D eigenvalue weighted by Gasteiger charge is 2.06. The Labute approximate surface area is 179 Å². The molecule has 5 heteroatoms. The second-order valence-corrected chi connectivity index (χ2v) is 7.43. The lowest BCUT2D eigenvalue weighted by Gasteiger charge is -2.06. The molecule has 0 saturated carbocycles. The summed E-state index contributed by atoms with van der Waals surface area (Å²) in [6.07, 6.45) is 3.27. The molecule has 0 aliphatic heterocycles. The number of hydrogen-bond donors (Lipinski definition) is 1. The number of nitrogens with zero attached hydrogens (tertiary/aromatic N) is 1. The summed E-state index contributed by atoms with van der Waals surface area (Å²) in [5, 5.41) is 5.32. The smallest absolute Gasteiger partial charge is 0.250 e. The fraction of sp³-hybridized carbons (Fsp3) is 0.0400. The van der Waals surface area contributed by atoms with E-state index in [-0.39, 0.29) is 5.91 Å². The van der Waals surface area contributed by atoms with Crippen LogP contribution in [0.5, 0.6) is 5.75 Å². The van der Waals surface area contributed by atoms with E-state index in [1.165, 1.54) is 17.4 Å². The SMILES string of the molecule is O=C(C=Cc1ccc(OCc2ccccc2)cc1)Nc1nc(-c2ccccc2)cs1. The molecule has 0 radical (unpaired) electrons. The van der Waals surface area contributed by atoms with Crippen LogP contribution in [0.25, 0.3) is 17.3 Å². The number of rotatable bonds is 7. The molecule has 0 saturated heterocycles. The van der Waals surface area contributed by atoms with Crippen LogP contribution in [0.2, 0.25) is 0 Å². The lowest BCUT2D eigenvalue weighted by molar-refractivity contribution is -0.111. The van der Waals surface area contributed by atoms with Gasteiger partial charge in [-0.3, -0.25) is 10.1 Å². The first-order chi connectivity index (χ1) is 14.8. The van der Waals surface area contributed by atoms with Crippen LogP contribution in [0, 0.1) is 0 Å². The minimum atomic E-state index is -0.214. The monoisotopic (exact) mass is 412 g/mol. The number of ether oxygens (including phenoxy) is 1. The highest BCUT2D eigenvalue weighted by molar-refractivity contribution is 7.14. The van der Waals surface area contributed by atoms with E-state index in [2.05, 4.69) is 10.3 Å². The maximum absolute atomic E-state index is 12.2. The molecule has 148 valence electrons. The Kier molecular flexibility index (Phi) is 6.32. The van der Waals surface area contributed by atoms with Gasteiger partial charge in [-0.25, -0.2) is 4.98 Å². The highest BCUT2D eigenvalue weighted by atomic mass is 32.1. The van der Waals surface area contributed by atoms with Crippen LogP contribution >= 0.6 is 11.3 Å². The van der Waals surface area contributed by atoms with Crippen LogP contribution < -0.4 is 10.1 Å². The highest BCUT2D eigenvalue weighted by Crippen LogP contribution is 2.24. The first-order valence-corrected chi connectivity index (χ1v) is 10.4. The lowest BCUT2D eigenvalue weighted by atomic mass is 10.2. The summed E-state index contributed by atoms with van der Waals surface area (Å²) in [6, 6.07) is 27.5. The Morgan fingerprint density at radius 3 is 2.37 bits per heavy atom. The molecule has 0 bridgehead atoms.